The number of carbonyl (C=O) groups excluding carboxylic acids is 1. The maximum absolute atomic E-state index is 12.5. The van der Waals surface area contributed by atoms with Crippen molar-refractivity contribution in [3.05, 3.63) is 99.3 Å². The van der Waals surface area contributed by atoms with Gasteiger partial charge in [0, 0.05) is 16.5 Å². The van der Waals surface area contributed by atoms with Gasteiger partial charge >= 0.3 is 6.03 Å². The van der Waals surface area contributed by atoms with Crippen molar-refractivity contribution >= 4 is 46.7 Å². The number of amides is 2. The number of nitriles is 1. The summed E-state index contributed by atoms with van der Waals surface area (Å²) in [5.41, 5.74) is 4.04. The van der Waals surface area contributed by atoms with Crippen molar-refractivity contribution in [3.63, 3.8) is 0 Å². The Balaban J connectivity index is 1.54. The van der Waals surface area contributed by atoms with Gasteiger partial charge in [0.25, 0.3) is 0 Å². The van der Waals surface area contributed by atoms with Crippen LogP contribution in [-0.2, 0) is 12.3 Å². The Labute approximate surface area is 217 Å². The summed E-state index contributed by atoms with van der Waals surface area (Å²) in [5, 5.41) is 24.7. The van der Waals surface area contributed by atoms with Crippen molar-refractivity contribution < 1.29 is 4.79 Å². The topological polar surface area (TPSA) is 95.6 Å². The second kappa shape index (κ2) is 11.3. The summed E-state index contributed by atoms with van der Waals surface area (Å²) in [6, 6.07) is 21.6. The Morgan fingerprint density at radius 3 is 2.63 bits per heavy atom. The average molecular weight is 523 g/mol. The van der Waals surface area contributed by atoms with Crippen LogP contribution in [0, 0.1) is 18.3 Å². The van der Waals surface area contributed by atoms with Gasteiger partial charge in [0.15, 0.2) is 11.0 Å². The van der Waals surface area contributed by atoms with Crippen LogP contribution in [0.3, 0.4) is 0 Å². The molecule has 7 nitrogen and oxygen atoms in total. The Morgan fingerprint density at radius 1 is 1.09 bits per heavy atom. The molecule has 0 bridgehead atoms. The molecule has 0 aliphatic heterocycles. The molecule has 35 heavy (non-hydrogen) atoms. The summed E-state index contributed by atoms with van der Waals surface area (Å²) < 4.78 is 1.80. The summed E-state index contributed by atoms with van der Waals surface area (Å²) in [5.74, 6) is 1.18. The number of urea groups is 1. The van der Waals surface area contributed by atoms with E-state index >= 15 is 0 Å². The third-order valence-corrected chi connectivity index (χ3v) is 6.53. The summed E-state index contributed by atoms with van der Waals surface area (Å²) in [6.45, 7) is 2.15. The van der Waals surface area contributed by atoms with Crippen molar-refractivity contribution in [2.75, 3.05) is 5.32 Å². The normalized spacial score (nSPS) is 10.6. The number of benzene rings is 3. The minimum Gasteiger partial charge on any atom is -0.331 e. The van der Waals surface area contributed by atoms with Crippen molar-refractivity contribution in [2.45, 2.75) is 24.4 Å². The number of halogens is 2. The Kier molecular flexibility index (Phi) is 7.93. The monoisotopic (exact) mass is 522 g/mol. The fraction of sp³-hybridized carbons (Fsp3) is 0.120. The molecule has 3 aromatic carbocycles. The van der Waals surface area contributed by atoms with Crippen LogP contribution in [0.1, 0.15) is 22.5 Å². The number of anilines is 1. The largest absolute Gasteiger partial charge is 0.331 e. The van der Waals surface area contributed by atoms with E-state index in [0.717, 1.165) is 5.56 Å². The number of nitrogens with zero attached hydrogens (tertiary/aromatic N) is 4. The number of thioether (sulfide) groups is 1. The highest BCUT2D eigenvalue weighted by molar-refractivity contribution is 7.98. The lowest BCUT2D eigenvalue weighted by Crippen LogP contribution is -2.29. The molecule has 4 aromatic rings. The molecule has 4 rings (SSSR count). The van der Waals surface area contributed by atoms with Crippen molar-refractivity contribution in [2.24, 2.45) is 0 Å². The molecule has 0 fully saturated rings. The summed E-state index contributed by atoms with van der Waals surface area (Å²) in [6.07, 6.45) is 0. The van der Waals surface area contributed by atoms with Crippen molar-refractivity contribution in [1.82, 2.24) is 20.1 Å². The first-order chi connectivity index (χ1) is 16.9. The van der Waals surface area contributed by atoms with E-state index < -0.39 is 6.03 Å². The number of aryl methyl sites for hydroxylation is 1. The van der Waals surface area contributed by atoms with E-state index in [1.807, 2.05) is 12.1 Å². The number of aromatic nitrogens is 3. The maximum atomic E-state index is 12.5. The fourth-order valence-electron chi connectivity index (χ4n) is 3.32. The van der Waals surface area contributed by atoms with Gasteiger partial charge in [-0.05, 0) is 55.0 Å². The lowest BCUT2D eigenvalue weighted by atomic mass is 10.2. The van der Waals surface area contributed by atoms with Gasteiger partial charge in [-0.15, -0.1) is 10.2 Å². The van der Waals surface area contributed by atoms with E-state index in [2.05, 4.69) is 46.0 Å². The first-order valence-corrected chi connectivity index (χ1v) is 12.3. The highest BCUT2D eigenvalue weighted by atomic mass is 35.5. The van der Waals surface area contributed by atoms with Gasteiger partial charge in [0.1, 0.15) is 0 Å². The second-order valence-electron chi connectivity index (χ2n) is 7.60. The zero-order chi connectivity index (χ0) is 24.8. The number of rotatable bonds is 7. The molecule has 2 amide bonds. The number of nitrogens with one attached hydrogen (secondary N) is 2. The van der Waals surface area contributed by atoms with Crippen LogP contribution >= 0.6 is 35.0 Å². The predicted molar refractivity (Wildman–Crippen MR) is 139 cm³/mol. The highest BCUT2D eigenvalue weighted by Gasteiger charge is 2.18. The number of carbonyl (C=O) groups is 1. The maximum Gasteiger partial charge on any atom is 0.319 e. The Morgan fingerprint density at radius 2 is 1.89 bits per heavy atom. The molecule has 176 valence electrons. The molecule has 0 saturated heterocycles. The van der Waals surface area contributed by atoms with Gasteiger partial charge in [-0.3, -0.25) is 4.57 Å². The first-order valence-electron chi connectivity index (χ1n) is 10.6. The van der Waals surface area contributed by atoms with Crippen LogP contribution in [0.5, 0.6) is 0 Å². The van der Waals surface area contributed by atoms with Crippen molar-refractivity contribution in [1.29, 1.82) is 5.26 Å². The number of hydrogen-bond acceptors (Lipinski definition) is 5. The van der Waals surface area contributed by atoms with Crippen LogP contribution in [0.2, 0.25) is 10.0 Å². The molecule has 1 heterocycles. The summed E-state index contributed by atoms with van der Waals surface area (Å²) >= 11 is 14.3. The van der Waals surface area contributed by atoms with Crippen LogP contribution in [-0.4, -0.2) is 20.8 Å². The molecule has 0 unspecified atom stereocenters. The van der Waals surface area contributed by atoms with Crippen LogP contribution < -0.4 is 10.6 Å². The predicted octanol–water partition coefficient (Wildman–Crippen LogP) is 6.37. The molecule has 0 spiro atoms. The standard InChI is InChI=1S/C25H20Cl2N6OS/c1-16-3-2-4-18(11-16)15-35-25-32-31-23(33(25)22-12-19(26)7-10-21(22)27)14-29-24(34)30-20-8-5-17(13-28)6-9-20/h2-12H,14-15H2,1H3,(H2,29,30,34). The molecule has 10 heteroatoms. The van der Waals surface area contributed by atoms with Gasteiger partial charge in [-0.1, -0.05) is 64.8 Å². The second-order valence-corrected chi connectivity index (χ2v) is 9.39. The highest BCUT2D eigenvalue weighted by Crippen LogP contribution is 2.31. The van der Waals surface area contributed by atoms with Gasteiger partial charge < -0.3 is 10.6 Å². The zero-order valence-corrected chi connectivity index (χ0v) is 21.0. The van der Waals surface area contributed by atoms with Crippen LogP contribution in [0.4, 0.5) is 10.5 Å². The fourth-order valence-corrected chi connectivity index (χ4v) is 4.60. The van der Waals surface area contributed by atoms with Gasteiger partial charge in [0.2, 0.25) is 0 Å². The molecular weight excluding hydrogens is 503 g/mol. The zero-order valence-electron chi connectivity index (χ0n) is 18.6. The molecule has 0 aliphatic carbocycles. The minimum absolute atomic E-state index is 0.100. The average Bonchev–Trinajstić information content (AvgIpc) is 3.26. The lowest BCUT2D eigenvalue weighted by molar-refractivity contribution is 0.251. The molecule has 0 aliphatic rings. The van der Waals surface area contributed by atoms with Gasteiger partial charge in [-0.2, -0.15) is 5.26 Å². The SMILES string of the molecule is Cc1cccc(CSc2nnc(CNC(=O)Nc3ccc(C#N)cc3)n2-c2cc(Cl)ccc2Cl)c1. The van der Waals surface area contributed by atoms with Crippen molar-refractivity contribution in [3.8, 4) is 11.8 Å². The van der Waals surface area contributed by atoms with E-state index in [9.17, 15) is 4.79 Å². The Bertz CT molecular complexity index is 1400. The van der Waals surface area contributed by atoms with E-state index in [0.29, 0.717) is 43.7 Å². The van der Waals surface area contributed by atoms with Gasteiger partial charge in [-0.25, -0.2) is 4.79 Å². The molecule has 0 saturated carbocycles. The third kappa shape index (κ3) is 6.34. The minimum atomic E-state index is -0.421. The van der Waals surface area contributed by atoms with Crippen LogP contribution in [0.25, 0.3) is 5.69 Å². The van der Waals surface area contributed by atoms with E-state index in [-0.39, 0.29) is 6.54 Å². The lowest BCUT2D eigenvalue weighted by Gasteiger charge is -2.13. The summed E-state index contributed by atoms with van der Waals surface area (Å²) in [7, 11) is 0. The van der Waals surface area contributed by atoms with Gasteiger partial charge in [0.05, 0.1) is 28.9 Å². The Hall–Kier alpha value is -3.51. The van der Waals surface area contributed by atoms with E-state index in [1.165, 1.54) is 17.3 Å². The molecule has 0 atom stereocenters. The molecule has 2 N–H and O–H groups in total. The van der Waals surface area contributed by atoms with Crippen LogP contribution in [0.15, 0.2) is 71.9 Å². The number of hydrogen-bond donors (Lipinski definition) is 2. The summed E-state index contributed by atoms with van der Waals surface area (Å²) in [4.78, 5) is 12.5. The first kappa shape index (κ1) is 24.6. The quantitative estimate of drug-likeness (QED) is 0.275. The molecule has 1 aromatic heterocycles. The third-order valence-electron chi connectivity index (χ3n) is 4.98. The van der Waals surface area contributed by atoms with E-state index in [1.54, 1.807) is 47.0 Å². The molecule has 0 radical (unpaired) electrons. The van der Waals surface area contributed by atoms with E-state index in [4.69, 9.17) is 28.5 Å². The smallest absolute Gasteiger partial charge is 0.319 e. The molecular formula is C25H20Cl2N6OS.